The van der Waals surface area contributed by atoms with Crippen LogP contribution in [0.5, 0.6) is 0 Å². The lowest BCUT2D eigenvalue weighted by Gasteiger charge is -2.44. The van der Waals surface area contributed by atoms with Crippen molar-refractivity contribution in [3.63, 3.8) is 0 Å². The molecule has 1 aromatic heterocycles. The van der Waals surface area contributed by atoms with Gasteiger partial charge in [-0.2, -0.15) is 0 Å². The largest absolute Gasteiger partial charge is 0.414 e. The lowest BCUT2D eigenvalue weighted by molar-refractivity contribution is -0.109. The Morgan fingerprint density at radius 3 is 2.15 bits per heavy atom. The summed E-state index contributed by atoms with van der Waals surface area (Å²) in [6, 6.07) is 0. The summed E-state index contributed by atoms with van der Waals surface area (Å²) in [6.45, 7) is 23.9. The van der Waals surface area contributed by atoms with E-state index in [0.29, 0.717) is 18.6 Å². The third-order valence-corrected chi connectivity index (χ3v) is 17.2. The summed E-state index contributed by atoms with van der Waals surface area (Å²) in [6.07, 6.45) is 1.05. The second-order valence-corrected chi connectivity index (χ2v) is 22.2. The molecule has 7 nitrogen and oxygen atoms in total. The van der Waals surface area contributed by atoms with E-state index in [1.54, 1.807) is 13.1 Å². The van der Waals surface area contributed by atoms with Crippen molar-refractivity contribution in [1.29, 1.82) is 0 Å². The summed E-state index contributed by atoms with van der Waals surface area (Å²) in [5.74, 6) is 0.175. The molecule has 1 saturated heterocycles. The maximum atomic E-state index is 12.6. The normalized spacial score (nSPS) is 25.0. The second kappa shape index (κ2) is 9.39. The first kappa shape index (κ1) is 28.5. The van der Waals surface area contributed by atoms with Gasteiger partial charge >= 0.3 is 5.69 Å². The Balaban J connectivity index is 2.49. The number of nitrogens with zero attached hydrogens (tertiary/aromatic N) is 1. The van der Waals surface area contributed by atoms with E-state index < -0.39 is 39.7 Å². The molecule has 0 bridgehead atoms. The van der Waals surface area contributed by atoms with E-state index >= 15 is 0 Å². The Bertz CT molecular complexity index is 961. The van der Waals surface area contributed by atoms with Gasteiger partial charge in [0.05, 0.1) is 18.6 Å². The third kappa shape index (κ3) is 5.93. The first-order chi connectivity index (χ1) is 14.8. The first-order valence-electron chi connectivity index (χ1n) is 11.6. The molecule has 0 saturated carbocycles. The molecule has 2 rings (SSSR count). The van der Waals surface area contributed by atoms with Crippen LogP contribution in [0.1, 0.15) is 59.8 Å². The van der Waals surface area contributed by atoms with Crippen LogP contribution < -0.4 is 11.2 Å². The number of hydrogen-bond donors (Lipinski definition) is 1. The van der Waals surface area contributed by atoms with Gasteiger partial charge in [0.15, 0.2) is 16.6 Å². The average Bonchev–Trinajstić information content (AvgIpc) is 2.99. The monoisotopic (exact) mass is 518 g/mol. The number of aromatic nitrogens is 2. The highest BCUT2D eigenvalue weighted by molar-refractivity contribution is 6.74. The van der Waals surface area contributed by atoms with E-state index in [1.807, 2.05) is 0 Å². The molecule has 1 unspecified atom stereocenters. The van der Waals surface area contributed by atoms with Gasteiger partial charge in [-0.25, -0.2) is 4.79 Å². The molecule has 0 spiro atoms. The highest BCUT2D eigenvalue weighted by Gasteiger charge is 2.54. The third-order valence-electron chi connectivity index (χ3n) is 7.78. The van der Waals surface area contributed by atoms with Gasteiger partial charge < -0.3 is 13.6 Å². The lowest BCUT2D eigenvalue weighted by Crippen LogP contribution is -2.55. The number of alkyl halides is 1. The quantitative estimate of drug-likeness (QED) is 0.398. The number of ether oxygens (including phenoxy) is 1. The fourth-order valence-corrected chi connectivity index (χ4v) is 5.98. The molecule has 33 heavy (non-hydrogen) atoms. The number of aromatic amines is 1. The Kier molecular flexibility index (Phi) is 8.11. The van der Waals surface area contributed by atoms with E-state index in [0.717, 1.165) is 0 Å². The number of halogens is 1. The molecule has 190 valence electrons. The van der Waals surface area contributed by atoms with Crippen LogP contribution >= 0.6 is 11.6 Å². The van der Waals surface area contributed by atoms with Crippen LogP contribution in [0.4, 0.5) is 0 Å². The van der Waals surface area contributed by atoms with Crippen LogP contribution in [-0.2, 0) is 13.6 Å². The number of aryl methyl sites for hydroxylation is 1. The molecule has 0 aromatic carbocycles. The van der Waals surface area contributed by atoms with Crippen LogP contribution in [0.3, 0.4) is 0 Å². The minimum atomic E-state index is -2.18. The summed E-state index contributed by atoms with van der Waals surface area (Å²) in [5, 5.41) is 0.0239. The molecule has 0 radical (unpaired) electrons. The molecular weight excluding hydrogens is 476 g/mol. The zero-order valence-corrected chi connectivity index (χ0v) is 25.0. The van der Waals surface area contributed by atoms with E-state index in [9.17, 15) is 9.59 Å². The fourth-order valence-electron chi connectivity index (χ4n) is 3.25. The van der Waals surface area contributed by atoms with Crippen LogP contribution in [0.2, 0.25) is 36.3 Å². The second-order valence-electron chi connectivity index (χ2n) is 12.4. The summed E-state index contributed by atoms with van der Waals surface area (Å²) in [5.41, 5.74) is -1.35. The van der Waals surface area contributed by atoms with Gasteiger partial charge in [-0.05, 0) is 43.2 Å². The molecule has 3 atom stereocenters. The number of H-pyrrole nitrogens is 1. The minimum Gasteiger partial charge on any atom is -0.414 e. The molecule has 2 heterocycles. The Labute approximate surface area is 205 Å². The lowest BCUT2D eigenvalue weighted by atomic mass is 10.0. The average molecular weight is 519 g/mol. The van der Waals surface area contributed by atoms with Crippen molar-refractivity contribution in [3.05, 3.63) is 32.6 Å². The number of hydrogen-bond acceptors (Lipinski definition) is 5. The van der Waals surface area contributed by atoms with Crippen LogP contribution in [0, 0.1) is 6.92 Å². The molecule has 0 aliphatic carbocycles. The molecule has 1 fully saturated rings. The van der Waals surface area contributed by atoms with Crippen LogP contribution in [0.15, 0.2) is 15.8 Å². The SMILES string of the molecule is Cc1cn([C@H]2CC(O[Si](C)(C)C(C)(C)C)[C@@](CCl)(CO[Si](C)(C)C(C)(C)C)O2)c(=O)[nH]c1=O. The zero-order chi connectivity index (χ0) is 25.6. The van der Waals surface area contributed by atoms with Crippen molar-refractivity contribution in [2.75, 3.05) is 12.5 Å². The van der Waals surface area contributed by atoms with Crippen molar-refractivity contribution in [1.82, 2.24) is 9.55 Å². The van der Waals surface area contributed by atoms with Crippen molar-refractivity contribution < 1.29 is 13.6 Å². The molecule has 1 N–H and O–H groups in total. The van der Waals surface area contributed by atoms with E-state index in [4.69, 9.17) is 25.2 Å². The van der Waals surface area contributed by atoms with E-state index in [-0.39, 0.29) is 22.1 Å². The van der Waals surface area contributed by atoms with Crippen molar-refractivity contribution >= 4 is 28.2 Å². The molecule has 1 aliphatic heterocycles. The van der Waals surface area contributed by atoms with E-state index in [2.05, 4.69) is 72.7 Å². The van der Waals surface area contributed by atoms with E-state index in [1.165, 1.54) is 4.57 Å². The predicted octanol–water partition coefficient (Wildman–Crippen LogP) is 5.15. The number of nitrogens with one attached hydrogen (secondary N) is 1. The number of rotatable bonds is 7. The topological polar surface area (TPSA) is 82.6 Å². The Hall–Kier alpha value is -0.716. The maximum Gasteiger partial charge on any atom is 0.330 e. The molecule has 1 aliphatic rings. The van der Waals surface area contributed by atoms with Gasteiger partial charge in [0.2, 0.25) is 0 Å². The predicted molar refractivity (Wildman–Crippen MR) is 139 cm³/mol. The van der Waals surface area contributed by atoms with Gasteiger partial charge in [-0.15, -0.1) is 11.6 Å². The van der Waals surface area contributed by atoms with Gasteiger partial charge in [0, 0.05) is 18.2 Å². The first-order valence-corrected chi connectivity index (χ1v) is 18.0. The van der Waals surface area contributed by atoms with Crippen molar-refractivity contribution in [2.24, 2.45) is 0 Å². The van der Waals surface area contributed by atoms with Gasteiger partial charge in [0.1, 0.15) is 11.8 Å². The Morgan fingerprint density at radius 1 is 1.12 bits per heavy atom. The summed E-state index contributed by atoms with van der Waals surface area (Å²) in [7, 11) is -4.27. The Morgan fingerprint density at radius 2 is 1.67 bits per heavy atom. The van der Waals surface area contributed by atoms with Gasteiger partial charge in [-0.1, -0.05) is 41.5 Å². The summed E-state index contributed by atoms with van der Waals surface area (Å²) < 4.78 is 21.4. The van der Waals surface area contributed by atoms with Gasteiger partial charge in [-0.3, -0.25) is 14.3 Å². The maximum absolute atomic E-state index is 12.6. The molecule has 1 aromatic rings. The van der Waals surface area contributed by atoms with Crippen molar-refractivity contribution in [3.8, 4) is 0 Å². The molecule has 10 heteroatoms. The highest BCUT2D eigenvalue weighted by Crippen LogP contribution is 2.46. The van der Waals surface area contributed by atoms with Crippen molar-refractivity contribution in [2.45, 2.75) is 109 Å². The minimum absolute atomic E-state index is 0.00512. The summed E-state index contributed by atoms with van der Waals surface area (Å²) in [4.78, 5) is 26.9. The standard InChI is InChI=1S/C23H43ClN2O5Si2/c1-16-13-26(20(28)25-19(16)27)18-12-17(31-33(10,11)22(5,6)7)23(14-24,30-18)15-29-32(8,9)21(2,3)4/h13,17-18H,12,14-15H2,1-11H3,(H,25,27,28)/t17?,18-,23-/m1/s1. The fraction of sp³-hybridized carbons (Fsp3) is 0.826. The zero-order valence-electron chi connectivity index (χ0n) is 22.2. The smallest absolute Gasteiger partial charge is 0.330 e. The molecular formula is C23H43ClN2O5Si2. The highest BCUT2D eigenvalue weighted by atomic mass is 35.5. The van der Waals surface area contributed by atoms with Crippen LogP contribution in [0.25, 0.3) is 0 Å². The van der Waals surface area contributed by atoms with Gasteiger partial charge in [0.25, 0.3) is 5.56 Å². The molecule has 0 amide bonds. The van der Waals surface area contributed by atoms with Crippen LogP contribution in [-0.4, -0.2) is 50.4 Å². The summed E-state index contributed by atoms with van der Waals surface area (Å²) >= 11 is 6.60.